The molecule has 7 nitrogen and oxygen atoms in total. The molecule has 0 radical (unpaired) electrons. The second kappa shape index (κ2) is 5.77. The van der Waals surface area contributed by atoms with Crippen LogP contribution in [0.2, 0.25) is 0 Å². The minimum Gasteiger partial charge on any atom is -0.481 e. The van der Waals surface area contributed by atoms with Crippen molar-refractivity contribution in [1.82, 2.24) is 9.78 Å². The van der Waals surface area contributed by atoms with Crippen LogP contribution in [0, 0.1) is 0 Å². The summed E-state index contributed by atoms with van der Waals surface area (Å²) >= 11 is 0. The monoisotopic (exact) mass is 223 g/mol. The van der Waals surface area contributed by atoms with Crippen LogP contribution in [-0.4, -0.2) is 27.4 Å². The van der Waals surface area contributed by atoms with Gasteiger partial charge in [0.1, 0.15) is 0 Å². The van der Waals surface area contributed by atoms with Gasteiger partial charge >= 0.3 is 5.97 Å². The van der Waals surface area contributed by atoms with Crippen molar-refractivity contribution in [1.29, 1.82) is 0 Å². The van der Waals surface area contributed by atoms with Crippen LogP contribution in [0.15, 0.2) is 17.5 Å². The largest absolute Gasteiger partial charge is 0.481 e. The van der Waals surface area contributed by atoms with E-state index in [1.54, 1.807) is 24.1 Å². The van der Waals surface area contributed by atoms with Gasteiger partial charge in [0.25, 0.3) is 0 Å². The Morgan fingerprint density at radius 1 is 1.81 bits per heavy atom. The molecule has 16 heavy (non-hydrogen) atoms. The Morgan fingerprint density at radius 2 is 2.56 bits per heavy atom. The molecule has 0 bridgehead atoms. The lowest BCUT2D eigenvalue weighted by atomic mass is 9.97. The third kappa shape index (κ3) is 3.29. The quantitative estimate of drug-likeness (QED) is 0.343. The molecule has 1 atom stereocenters. The maximum atomic E-state index is 11.0. The second-order valence-corrected chi connectivity index (χ2v) is 3.43. The number of carboxylic acids is 1. The molecule has 0 saturated heterocycles. The minimum atomic E-state index is -0.881. The highest BCUT2D eigenvalue weighted by molar-refractivity contribution is 5.75. The zero-order valence-corrected chi connectivity index (χ0v) is 8.94. The topological polar surface area (TPSA) is 104 Å². The molecular formula is C9H13N5O2. The molecule has 1 unspecified atom stereocenters. The average Bonchev–Trinajstić information content (AvgIpc) is 2.64. The number of aliphatic carboxylic acids is 1. The van der Waals surface area contributed by atoms with E-state index in [4.69, 9.17) is 10.6 Å². The molecule has 0 aliphatic rings. The van der Waals surface area contributed by atoms with Gasteiger partial charge in [0, 0.05) is 30.3 Å². The van der Waals surface area contributed by atoms with Crippen LogP contribution in [0.5, 0.6) is 0 Å². The molecule has 0 amide bonds. The molecule has 1 aromatic heterocycles. The third-order valence-electron chi connectivity index (χ3n) is 2.24. The number of rotatable bonds is 6. The van der Waals surface area contributed by atoms with Gasteiger partial charge in [0.05, 0.1) is 12.1 Å². The van der Waals surface area contributed by atoms with Crippen molar-refractivity contribution in [2.45, 2.75) is 18.8 Å². The van der Waals surface area contributed by atoms with E-state index in [1.165, 1.54) is 0 Å². The molecule has 1 N–H and O–H groups in total. The maximum Gasteiger partial charge on any atom is 0.311 e. The van der Waals surface area contributed by atoms with Gasteiger partial charge in [0.15, 0.2) is 0 Å². The summed E-state index contributed by atoms with van der Waals surface area (Å²) in [4.78, 5) is 13.6. The molecule has 7 heteroatoms. The van der Waals surface area contributed by atoms with Crippen LogP contribution in [0.1, 0.15) is 24.3 Å². The van der Waals surface area contributed by atoms with E-state index in [0.29, 0.717) is 24.9 Å². The summed E-state index contributed by atoms with van der Waals surface area (Å²) in [5.41, 5.74) is 8.77. The Kier molecular flexibility index (Phi) is 4.35. The first-order chi connectivity index (χ1) is 7.65. The summed E-state index contributed by atoms with van der Waals surface area (Å²) in [7, 11) is 1.74. The van der Waals surface area contributed by atoms with E-state index in [-0.39, 0.29) is 0 Å². The van der Waals surface area contributed by atoms with E-state index in [1.807, 2.05) is 0 Å². The number of carboxylic acid groups (broad SMARTS) is 1. The fraction of sp³-hybridized carbons (Fsp3) is 0.556. The molecule has 1 aromatic rings. The van der Waals surface area contributed by atoms with Crippen LogP contribution >= 0.6 is 0 Å². The molecule has 1 rings (SSSR count). The van der Waals surface area contributed by atoms with Crippen molar-refractivity contribution >= 4 is 5.97 Å². The van der Waals surface area contributed by atoms with Gasteiger partial charge in [-0.3, -0.25) is 9.48 Å². The van der Waals surface area contributed by atoms with Crippen molar-refractivity contribution in [3.05, 3.63) is 28.4 Å². The van der Waals surface area contributed by atoms with Crippen molar-refractivity contribution < 1.29 is 9.90 Å². The van der Waals surface area contributed by atoms with Crippen molar-refractivity contribution in [2.24, 2.45) is 12.2 Å². The number of carbonyl (C=O) groups is 1. The zero-order chi connectivity index (χ0) is 12.0. The van der Waals surface area contributed by atoms with Crippen LogP contribution in [0.4, 0.5) is 0 Å². The van der Waals surface area contributed by atoms with Gasteiger partial charge in [-0.15, -0.1) is 0 Å². The SMILES string of the molecule is Cn1cc(C(CCCN=[N+]=[N-])C(=O)O)cn1. The number of aryl methyl sites for hydroxylation is 1. The van der Waals surface area contributed by atoms with Gasteiger partial charge in [-0.25, -0.2) is 0 Å². The Hall–Kier alpha value is -2.01. The Labute approximate surface area is 92.3 Å². The molecule has 0 aromatic carbocycles. The fourth-order valence-corrected chi connectivity index (χ4v) is 1.46. The molecule has 86 valence electrons. The van der Waals surface area contributed by atoms with Gasteiger partial charge in [-0.1, -0.05) is 5.11 Å². The molecule has 0 saturated carbocycles. The first kappa shape index (κ1) is 12.1. The van der Waals surface area contributed by atoms with Crippen LogP contribution < -0.4 is 0 Å². The number of hydrogen-bond acceptors (Lipinski definition) is 3. The first-order valence-electron chi connectivity index (χ1n) is 4.87. The maximum absolute atomic E-state index is 11.0. The fourth-order valence-electron chi connectivity index (χ4n) is 1.46. The average molecular weight is 223 g/mol. The van der Waals surface area contributed by atoms with Crippen LogP contribution in [-0.2, 0) is 11.8 Å². The van der Waals surface area contributed by atoms with Crippen molar-refractivity contribution in [2.75, 3.05) is 6.54 Å². The van der Waals surface area contributed by atoms with Gasteiger partial charge < -0.3 is 5.11 Å². The van der Waals surface area contributed by atoms with E-state index >= 15 is 0 Å². The summed E-state index contributed by atoms with van der Waals surface area (Å²) in [5, 5.41) is 16.4. The Bertz CT molecular complexity index is 408. The Morgan fingerprint density at radius 3 is 3.06 bits per heavy atom. The molecule has 0 spiro atoms. The molecule has 0 fully saturated rings. The van der Waals surface area contributed by atoms with Crippen LogP contribution in [0.3, 0.4) is 0 Å². The number of azide groups is 1. The van der Waals surface area contributed by atoms with Gasteiger partial charge in [-0.05, 0) is 18.4 Å². The molecular weight excluding hydrogens is 210 g/mol. The van der Waals surface area contributed by atoms with Crippen molar-refractivity contribution in [3.8, 4) is 0 Å². The predicted molar refractivity (Wildman–Crippen MR) is 56.8 cm³/mol. The predicted octanol–water partition coefficient (Wildman–Crippen LogP) is 1.68. The number of hydrogen-bond donors (Lipinski definition) is 1. The number of nitrogens with zero attached hydrogens (tertiary/aromatic N) is 5. The lowest BCUT2D eigenvalue weighted by molar-refractivity contribution is -0.139. The zero-order valence-electron chi connectivity index (χ0n) is 8.94. The highest BCUT2D eigenvalue weighted by Crippen LogP contribution is 2.20. The minimum absolute atomic E-state index is 0.320. The van der Waals surface area contributed by atoms with E-state index < -0.39 is 11.9 Å². The first-order valence-corrected chi connectivity index (χ1v) is 4.87. The Balaban J connectivity index is 2.61. The van der Waals surface area contributed by atoms with Crippen LogP contribution in [0.25, 0.3) is 10.4 Å². The highest BCUT2D eigenvalue weighted by atomic mass is 16.4. The lowest BCUT2D eigenvalue weighted by Gasteiger charge is -2.08. The summed E-state index contributed by atoms with van der Waals surface area (Å²) in [6, 6.07) is 0. The van der Waals surface area contributed by atoms with Crippen molar-refractivity contribution in [3.63, 3.8) is 0 Å². The smallest absolute Gasteiger partial charge is 0.311 e. The van der Waals surface area contributed by atoms with E-state index in [0.717, 1.165) is 0 Å². The molecule has 0 aliphatic carbocycles. The second-order valence-electron chi connectivity index (χ2n) is 3.43. The summed E-state index contributed by atoms with van der Waals surface area (Å²) in [6.07, 6.45) is 4.23. The molecule has 0 aliphatic heterocycles. The molecule has 1 heterocycles. The lowest BCUT2D eigenvalue weighted by Crippen LogP contribution is -2.11. The summed E-state index contributed by atoms with van der Waals surface area (Å²) < 4.78 is 1.57. The van der Waals surface area contributed by atoms with E-state index in [2.05, 4.69) is 15.1 Å². The van der Waals surface area contributed by atoms with Gasteiger partial charge in [-0.2, -0.15) is 5.10 Å². The summed E-state index contributed by atoms with van der Waals surface area (Å²) in [5.74, 6) is -1.46. The third-order valence-corrected chi connectivity index (χ3v) is 2.24. The normalized spacial score (nSPS) is 11.8. The highest BCUT2D eigenvalue weighted by Gasteiger charge is 2.20. The number of aromatic nitrogens is 2. The van der Waals surface area contributed by atoms with E-state index in [9.17, 15) is 4.79 Å². The standard InChI is InChI=1S/C9H13N5O2/c1-14-6-7(5-12-14)8(9(15)16)3-2-4-11-13-10/h5-6,8H,2-4H2,1H3,(H,15,16). The van der Waals surface area contributed by atoms with Gasteiger partial charge in [0.2, 0.25) is 0 Å². The summed E-state index contributed by atoms with van der Waals surface area (Å²) in [6.45, 7) is 0.320.